The molecule has 7 heteroatoms. The SMILES string of the molecule is CC(CNC(=O)C1C[C@H]2C[C@@H](NC(=O)OCC3c4ccccc4-c4ccccc43)[C@H]2C1)C(=O)O. The molecule has 2 aromatic carbocycles. The second-order valence-electron chi connectivity index (χ2n) is 9.89. The van der Waals surface area contributed by atoms with E-state index in [9.17, 15) is 14.4 Å². The average molecular weight is 463 g/mol. The van der Waals surface area contributed by atoms with E-state index in [2.05, 4.69) is 34.9 Å². The summed E-state index contributed by atoms with van der Waals surface area (Å²) >= 11 is 0. The van der Waals surface area contributed by atoms with E-state index in [1.165, 1.54) is 22.3 Å². The number of aliphatic carboxylic acids is 1. The van der Waals surface area contributed by atoms with Crippen molar-refractivity contribution in [3.63, 3.8) is 0 Å². The molecule has 3 aliphatic carbocycles. The number of ether oxygens (including phenoxy) is 1. The average Bonchev–Trinajstić information content (AvgIpc) is 3.34. The summed E-state index contributed by atoms with van der Waals surface area (Å²) in [7, 11) is 0. The Hall–Kier alpha value is -3.35. The quantitative estimate of drug-likeness (QED) is 0.581. The van der Waals surface area contributed by atoms with E-state index in [0.717, 1.165) is 12.8 Å². The van der Waals surface area contributed by atoms with Gasteiger partial charge in [0.05, 0.1) is 5.92 Å². The highest BCUT2D eigenvalue weighted by molar-refractivity contribution is 5.80. The van der Waals surface area contributed by atoms with Crippen molar-refractivity contribution in [3.8, 4) is 11.1 Å². The molecule has 0 spiro atoms. The normalized spacial score (nSPS) is 25.3. The fraction of sp³-hybridized carbons (Fsp3) is 0.444. The lowest BCUT2D eigenvalue weighted by Crippen LogP contribution is -2.50. The summed E-state index contributed by atoms with van der Waals surface area (Å²) in [5.74, 6) is -1.00. The van der Waals surface area contributed by atoms with Crippen molar-refractivity contribution in [3.05, 3.63) is 59.7 Å². The third-order valence-electron chi connectivity index (χ3n) is 7.84. The van der Waals surface area contributed by atoms with Crippen LogP contribution < -0.4 is 10.6 Å². The predicted octanol–water partition coefficient (Wildman–Crippen LogP) is 3.78. The lowest BCUT2D eigenvalue weighted by Gasteiger charge is -2.40. The van der Waals surface area contributed by atoms with Gasteiger partial charge in [-0.25, -0.2) is 4.79 Å². The van der Waals surface area contributed by atoms with Crippen molar-refractivity contribution >= 4 is 18.0 Å². The van der Waals surface area contributed by atoms with E-state index in [4.69, 9.17) is 9.84 Å². The van der Waals surface area contributed by atoms with Crippen LogP contribution in [0.3, 0.4) is 0 Å². The number of hydrogen-bond acceptors (Lipinski definition) is 4. The predicted molar refractivity (Wildman–Crippen MR) is 126 cm³/mol. The molecule has 0 heterocycles. The van der Waals surface area contributed by atoms with E-state index in [1.54, 1.807) is 6.92 Å². The van der Waals surface area contributed by atoms with Gasteiger partial charge >= 0.3 is 12.1 Å². The summed E-state index contributed by atoms with van der Waals surface area (Å²) in [6.45, 7) is 2.00. The summed E-state index contributed by atoms with van der Waals surface area (Å²) < 4.78 is 5.67. The van der Waals surface area contributed by atoms with Gasteiger partial charge in [0.15, 0.2) is 0 Å². The first-order valence-corrected chi connectivity index (χ1v) is 12.0. The smallest absolute Gasteiger partial charge is 0.407 e. The molecular weight excluding hydrogens is 432 g/mol. The van der Waals surface area contributed by atoms with Gasteiger partial charge in [-0.3, -0.25) is 9.59 Å². The van der Waals surface area contributed by atoms with Gasteiger partial charge in [0, 0.05) is 24.4 Å². The minimum Gasteiger partial charge on any atom is -0.481 e. The van der Waals surface area contributed by atoms with Gasteiger partial charge in [-0.1, -0.05) is 55.5 Å². The maximum atomic E-state index is 12.6. The molecule has 34 heavy (non-hydrogen) atoms. The number of fused-ring (bicyclic) bond motifs is 4. The van der Waals surface area contributed by atoms with E-state index >= 15 is 0 Å². The highest BCUT2D eigenvalue weighted by Crippen LogP contribution is 2.50. The molecule has 2 saturated carbocycles. The number of amides is 2. The number of nitrogens with one attached hydrogen (secondary N) is 2. The number of alkyl carbamates (subject to hydrolysis) is 1. The van der Waals surface area contributed by atoms with E-state index in [1.807, 2.05) is 24.3 Å². The molecule has 7 nitrogen and oxygen atoms in total. The number of rotatable bonds is 7. The van der Waals surface area contributed by atoms with Crippen LogP contribution >= 0.6 is 0 Å². The van der Waals surface area contributed by atoms with Gasteiger partial charge in [-0.05, 0) is 53.4 Å². The first-order valence-electron chi connectivity index (χ1n) is 12.0. The van der Waals surface area contributed by atoms with Crippen molar-refractivity contribution in [2.24, 2.45) is 23.7 Å². The number of benzene rings is 2. The third-order valence-corrected chi connectivity index (χ3v) is 7.84. The van der Waals surface area contributed by atoms with E-state index in [0.29, 0.717) is 12.3 Å². The summed E-state index contributed by atoms with van der Waals surface area (Å²) in [5, 5.41) is 14.8. The van der Waals surface area contributed by atoms with Crippen molar-refractivity contribution in [2.75, 3.05) is 13.2 Å². The highest BCUT2D eigenvalue weighted by atomic mass is 16.5. The molecule has 3 aliphatic rings. The first-order chi connectivity index (χ1) is 16.4. The molecule has 2 fully saturated rings. The van der Waals surface area contributed by atoms with Gasteiger partial charge in [0.2, 0.25) is 5.91 Å². The standard InChI is InChI=1S/C27H30N2O5/c1-15(26(31)32)13-28-25(30)17-10-16-12-24(22(16)11-17)29-27(33)34-14-23-20-8-4-2-6-18(20)19-7-3-5-9-21(19)23/h2-9,15-17,22-24H,10-14H2,1H3,(H,28,30)(H,29,33)(H,31,32)/t15?,16-,17?,22-,24+/m0/s1. The molecule has 3 N–H and O–H groups in total. The molecule has 0 bridgehead atoms. The molecule has 0 radical (unpaired) electrons. The molecule has 2 amide bonds. The van der Waals surface area contributed by atoms with Gasteiger partial charge in [-0.15, -0.1) is 0 Å². The second kappa shape index (κ2) is 9.12. The Labute approximate surface area is 198 Å². The Balaban J connectivity index is 1.12. The van der Waals surface area contributed by atoms with Crippen LogP contribution in [0.5, 0.6) is 0 Å². The third kappa shape index (κ3) is 4.15. The Kier molecular flexibility index (Phi) is 6.02. The van der Waals surface area contributed by atoms with Crippen LogP contribution in [-0.2, 0) is 14.3 Å². The number of carbonyl (C=O) groups is 3. The van der Waals surface area contributed by atoms with Gasteiger partial charge < -0.3 is 20.5 Å². The molecule has 2 aromatic rings. The van der Waals surface area contributed by atoms with Crippen LogP contribution in [0.4, 0.5) is 4.79 Å². The van der Waals surface area contributed by atoms with Crippen LogP contribution in [0.2, 0.25) is 0 Å². The van der Waals surface area contributed by atoms with Crippen LogP contribution in [0.25, 0.3) is 11.1 Å². The van der Waals surface area contributed by atoms with Crippen molar-refractivity contribution in [1.82, 2.24) is 10.6 Å². The molecule has 5 atom stereocenters. The van der Waals surface area contributed by atoms with Crippen LogP contribution in [0, 0.1) is 23.7 Å². The Morgan fingerprint density at radius 3 is 2.29 bits per heavy atom. The summed E-state index contributed by atoms with van der Waals surface area (Å²) in [6, 6.07) is 16.5. The monoisotopic (exact) mass is 462 g/mol. The van der Waals surface area contributed by atoms with Crippen molar-refractivity contribution in [1.29, 1.82) is 0 Å². The summed E-state index contributed by atoms with van der Waals surface area (Å²) in [6.07, 6.45) is 1.95. The van der Waals surface area contributed by atoms with Gasteiger partial charge in [-0.2, -0.15) is 0 Å². The van der Waals surface area contributed by atoms with E-state index in [-0.39, 0.29) is 42.9 Å². The van der Waals surface area contributed by atoms with E-state index < -0.39 is 18.0 Å². The molecule has 5 rings (SSSR count). The number of hydrogen-bond donors (Lipinski definition) is 3. The molecule has 0 aliphatic heterocycles. The first kappa shape index (κ1) is 22.4. The maximum absolute atomic E-state index is 12.6. The number of carbonyl (C=O) groups excluding carboxylic acids is 2. The molecule has 2 unspecified atom stereocenters. The highest BCUT2D eigenvalue weighted by Gasteiger charge is 2.50. The topological polar surface area (TPSA) is 105 Å². The fourth-order valence-corrected chi connectivity index (χ4v) is 5.88. The largest absolute Gasteiger partial charge is 0.481 e. The Bertz CT molecular complexity index is 1070. The number of carboxylic acid groups (broad SMARTS) is 1. The van der Waals surface area contributed by atoms with Crippen molar-refractivity contribution in [2.45, 2.75) is 38.1 Å². The van der Waals surface area contributed by atoms with Crippen molar-refractivity contribution < 1.29 is 24.2 Å². The minimum absolute atomic E-state index is 0.0244. The lowest BCUT2D eigenvalue weighted by molar-refractivity contribution is -0.141. The molecular formula is C27H30N2O5. The minimum atomic E-state index is -0.917. The number of carboxylic acids is 1. The lowest BCUT2D eigenvalue weighted by atomic mass is 9.71. The Morgan fingerprint density at radius 2 is 1.65 bits per heavy atom. The zero-order valence-corrected chi connectivity index (χ0v) is 19.2. The van der Waals surface area contributed by atoms with Crippen LogP contribution in [0.15, 0.2) is 48.5 Å². The second-order valence-corrected chi connectivity index (χ2v) is 9.89. The zero-order chi connectivity index (χ0) is 23.8. The molecule has 0 saturated heterocycles. The fourth-order valence-electron chi connectivity index (χ4n) is 5.88. The molecule has 0 aromatic heterocycles. The summed E-state index contributed by atoms with van der Waals surface area (Å²) in [4.78, 5) is 36.0. The zero-order valence-electron chi connectivity index (χ0n) is 19.2. The summed E-state index contributed by atoms with van der Waals surface area (Å²) in [5.41, 5.74) is 4.76. The maximum Gasteiger partial charge on any atom is 0.407 e. The molecule has 178 valence electrons. The Morgan fingerprint density at radius 1 is 1.00 bits per heavy atom. The van der Waals surface area contributed by atoms with Gasteiger partial charge in [0.1, 0.15) is 6.61 Å². The van der Waals surface area contributed by atoms with Crippen LogP contribution in [0.1, 0.15) is 43.2 Å². The van der Waals surface area contributed by atoms with Crippen LogP contribution in [-0.4, -0.2) is 42.3 Å². The van der Waals surface area contributed by atoms with Gasteiger partial charge in [0.25, 0.3) is 0 Å².